The van der Waals surface area contributed by atoms with Crippen LogP contribution >= 0.6 is 34.4 Å². The van der Waals surface area contributed by atoms with Gasteiger partial charge in [0, 0.05) is 27.8 Å². The molecule has 0 spiro atoms. The zero-order valence-electron chi connectivity index (χ0n) is 13.8. The minimum Gasteiger partial charge on any atom is -0.383 e. The highest BCUT2D eigenvalue weighted by Crippen LogP contribution is 2.23. The van der Waals surface area contributed by atoms with Crippen LogP contribution in [0.25, 0.3) is 0 Å². The van der Waals surface area contributed by atoms with Crippen LogP contribution in [0.4, 0.5) is 5.69 Å². The fourth-order valence-electron chi connectivity index (χ4n) is 2.03. The molecular formula is C18H19IN2O3S. The largest absolute Gasteiger partial charge is 0.383 e. The summed E-state index contributed by atoms with van der Waals surface area (Å²) in [6.45, 7) is 0.954. The molecule has 0 aliphatic rings. The maximum Gasteiger partial charge on any atom is 0.256 e. The van der Waals surface area contributed by atoms with Gasteiger partial charge in [-0.1, -0.05) is 18.2 Å². The Bertz CT molecular complexity index is 740. The first kappa shape index (κ1) is 19.7. The molecule has 25 heavy (non-hydrogen) atoms. The van der Waals surface area contributed by atoms with Gasteiger partial charge in [0.2, 0.25) is 5.91 Å². The summed E-state index contributed by atoms with van der Waals surface area (Å²) in [5.41, 5.74) is 1.30. The summed E-state index contributed by atoms with van der Waals surface area (Å²) in [5.74, 6) is -0.0307. The minimum atomic E-state index is -0.190. The number of carbonyl (C=O) groups excluding carboxylic acids is 2. The Kier molecular flexibility index (Phi) is 8.23. The van der Waals surface area contributed by atoms with E-state index in [0.29, 0.717) is 18.7 Å². The van der Waals surface area contributed by atoms with E-state index in [0.717, 1.165) is 14.2 Å². The summed E-state index contributed by atoms with van der Waals surface area (Å²) >= 11 is 3.54. The third-order valence-electron chi connectivity index (χ3n) is 3.20. The second kappa shape index (κ2) is 10.4. The minimum absolute atomic E-state index is 0.0881. The molecule has 0 atom stereocenters. The second-order valence-electron chi connectivity index (χ2n) is 5.09. The number of benzene rings is 2. The molecule has 5 nitrogen and oxygen atoms in total. The summed E-state index contributed by atoms with van der Waals surface area (Å²) < 4.78 is 5.94. The molecule has 2 N–H and O–H groups in total. The Hall–Kier alpha value is -1.58. The van der Waals surface area contributed by atoms with E-state index in [9.17, 15) is 9.59 Å². The van der Waals surface area contributed by atoms with E-state index >= 15 is 0 Å². The lowest BCUT2D eigenvalue weighted by molar-refractivity contribution is -0.118. The fourth-order valence-corrected chi connectivity index (χ4v) is 3.45. The first-order valence-corrected chi connectivity index (χ1v) is 9.71. The van der Waals surface area contributed by atoms with Crippen LogP contribution in [-0.4, -0.2) is 37.8 Å². The van der Waals surface area contributed by atoms with Gasteiger partial charge in [0.05, 0.1) is 17.9 Å². The molecule has 0 aliphatic carbocycles. The van der Waals surface area contributed by atoms with Gasteiger partial charge in [0.25, 0.3) is 5.91 Å². The van der Waals surface area contributed by atoms with Gasteiger partial charge >= 0.3 is 0 Å². The van der Waals surface area contributed by atoms with E-state index < -0.39 is 0 Å². The molecular weight excluding hydrogens is 451 g/mol. The molecule has 0 heterocycles. The van der Waals surface area contributed by atoms with Gasteiger partial charge in [-0.25, -0.2) is 0 Å². The number of rotatable bonds is 8. The van der Waals surface area contributed by atoms with Crippen LogP contribution in [0.3, 0.4) is 0 Å². The van der Waals surface area contributed by atoms with Crippen molar-refractivity contribution in [3.05, 3.63) is 57.7 Å². The Labute approximate surface area is 165 Å². The summed E-state index contributed by atoms with van der Waals surface area (Å²) in [7, 11) is 1.59. The molecule has 0 fully saturated rings. The molecule has 2 aromatic rings. The van der Waals surface area contributed by atoms with Crippen molar-refractivity contribution in [2.75, 3.05) is 31.3 Å². The molecule has 0 radical (unpaired) electrons. The number of nitrogens with one attached hydrogen (secondary N) is 2. The van der Waals surface area contributed by atoms with Gasteiger partial charge in [-0.3, -0.25) is 9.59 Å². The van der Waals surface area contributed by atoms with Gasteiger partial charge < -0.3 is 15.4 Å². The van der Waals surface area contributed by atoms with Crippen molar-refractivity contribution in [3.63, 3.8) is 0 Å². The first-order valence-electron chi connectivity index (χ1n) is 7.64. The Morgan fingerprint density at radius 1 is 1.16 bits per heavy atom. The lowest BCUT2D eigenvalue weighted by Crippen LogP contribution is -2.28. The molecule has 2 amide bonds. The van der Waals surface area contributed by atoms with E-state index in [-0.39, 0.29) is 17.6 Å². The molecule has 0 saturated heterocycles. The van der Waals surface area contributed by atoms with Crippen molar-refractivity contribution in [1.82, 2.24) is 5.32 Å². The smallest absolute Gasteiger partial charge is 0.256 e. The lowest BCUT2D eigenvalue weighted by atomic mass is 10.2. The van der Waals surface area contributed by atoms with Crippen LogP contribution in [0.1, 0.15) is 10.4 Å². The Balaban J connectivity index is 1.99. The fraction of sp³-hybridized carbons (Fsp3) is 0.222. The highest BCUT2D eigenvalue weighted by Gasteiger charge is 2.13. The number of hydrogen-bond acceptors (Lipinski definition) is 4. The topological polar surface area (TPSA) is 67.4 Å². The maximum absolute atomic E-state index is 12.6. The second-order valence-corrected chi connectivity index (χ2v) is 7.35. The van der Waals surface area contributed by atoms with Crippen molar-refractivity contribution < 1.29 is 14.3 Å². The van der Waals surface area contributed by atoms with Gasteiger partial charge in [-0.15, -0.1) is 11.8 Å². The van der Waals surface area contributed by atoms with Gasteiger partial charge in [0.15, 0.2) is 0 Å². The van der Waals surface area contributed by atoms with Gasteiger partial charge in [0.1, 0.15) is 0 Å². The highest BCUT2D eigenvalue weighted by atomic mass is 127. The Morgan fingerprint density at radius 2 is 1.96 bits per heavy atom. The van der Waals surface area contributed by atoms with Gasteiger partial charge in [-0.05, 0) is 52.9 Å². The van der Waals surface area contributed by atoms with E-state index in [2.05, 4.69) is 33.2 Å². The molecule has 0 bridgehead atoms. The van der Waals surface area contributed by atoms with Crippen LogP contribution < -0.4 is 10.6 Å². The number of carbonyl (C=O) groups is 2. The monoisotopic (exact) mass is 470 g/mol. The SMILES string of the molecule is COCCNC(=O)CSc1ccccc1C(=O)Nc1cccc(I)c1. The van der Waals surface area contributed by atoms with Crippen molar-refractivity contribution in [1.29, 1.82) is 0 Å². The third-order valence-corrected chi connectivity index (χ3v) is 4.95. The zero-order valence-corrected chi connectivity index (χ0v) is 16.7. The molecule has 2 aromatic carbocycles. The molecule has 132 valence electrons. The van der Waals surface area contributed by atoms with Crippen LogP contribution in [0.5, 0.6) is 0 Å². The highest BCUT2D eigenvalue weighted by molar-refractivity contribution is 14.1. The normalized spacial score (nSPS) is 10.3. The molecule has 7 heteroatoms. The first-order chi connectivity index (χ1) is 12.1. The van der Waals surface area contributed by atoms with Gasteiger partial charge in [-0.2, -0.15) is 0 Å². The van der Waals surface area contributed by atoms with Crippen LogP contribution in [-0.2, 0) is 9.53 Å². The summed E-state index contributed by atoms with van der Waals surface area (Å²) in [6, 6.07) is 14.9. The number of amides is 2. The van der Waals surface area contributed by atoms with Crippen molar-refractivity contribution in [2.24, 2.45) is 0 Å². The summed E-state index contributed by atoms with van der Waals surface area (Å²) in [4.78, 5) is 25.1. The lowest BCUT2D eigenvalue weighted by Gasteiger charge is -2.10. The molecule has 2 rings (SSSR count). The number of ether oxygens (including phenoxy) is 1. The number of hydrogen-bond donors (Lipinski definition) is 2. The number of thioether (sulfide) groups is 1. The average molecular weight is 470 g/mol. The van der Waals surface area contributed by atoms with Crippen molar-refractivity contribution in [2.45, 2.75) is 4.90 Å². The molecule has 0 aromatic heterocycles. The maximum atomic E-state index is 12.6. The number of anilines is 1. The van der Waals surface area contributed by atoms with E-state index in [1.807, 2.05) is 42.5 Å². The zero-order chi connectivity index (χ0) is 18.1. The predicted octanol–water partition coefficient (Wildman–Crippen LogP) is 3.40. The quantitative estimate of drug-likeness (QED) is 0.353. The van der Waals surface area contributed by atoms with Crippen molar-refractivity contribution in [3.8, 4) is 0 Å². The number of methoxy groups -OCH3 is 1. The molecule has 0 aliphatic heterocycles. The van der Waals surface area contributed by atoms with Crippen LogP contribution in [0.15, 0.2) is 53.4 Å². The number of halogens is 1. The Morgan fingerprint density at radius 3 is 2.72 bits per heavy atom. The molecule has 0 unspecified atom stereocenters. The third kappa shape index (κ3) is 6.68. The van der Waals surface area contributed by atoms with Crippen LogP contribution in [0, 0.1) is 3.57 Å². The van der Waals surface area contributed by atoms with E-state index in [1.54, 1.807) is 13.2 Å². The summed E-state index contributed by atoms with van der Waals surface area (Å²) in [5, 5.41) is 5.66. The molecule has 0 saturated carbocycles. The predicted molar refractivity (Wildman–Crippen MR) is 109 cm³/mol. The van der Waals surface area contributed by atoms with Crippen LogP contribution in [0.2, 0.25) is 0 Å². The van der Waals surface area contributed by atoms with E-state index in [4.69, 9.17) is 4.74 Å². The average Bonchev–Trinajstić information content (AvgIpc) is 2.60. The summed E-state index contributed by atoms with van der Waals surface area (Å²) in [6.07, 6.45) is 0. The van der Waals surface area contributed by atoms with Crippen molar-refractivity contribution >= 4 is 51.9 Å². The van der Waals surface area contributed by atoms with E-state index in [1.165, 1.54) is 11.8 Å². The standard InChI is InChI=1S/C18H19IN2O3S/c1-24-10-9-20-17(22)12-25-16-8-3-2-7-15(16)18(23)21-14-6-4-5-13(19)11-14/h2-8,11H,9-10,12H2,1H3,(H,20,22)(H,21,23).